The number of likely N-dealkylation sites (tertiary alicyclic amines) is 1. The highest BCUT2D eigenvalue weighted by molar-refractivity contribution is 7.88. The average molecular weight is 368 g/mol. The fourth-order valence-corrected chi connectivity index (χ4v) is 4.88. The van der Waals surface area contributed by atoms with Gasteiger partial charge in [0.1, 0.15) is 5.82 Å². The van der Waals surface area contributed by atoms with Crippen LogP contribution in [0.2, 0.25) is 0 Å². The second-order valence-electron chi connectivity index (χ2n) is 7.19. The van der Waals surface area contributed by atoms with Gasteiger partial charge >= 0.3 is 0 Å². The van der Waals surface area contributed by atoms with Gasteiger partial charge < -0.3 is 4.90 Å². The monoisotopic (exact) mass is 368 g/mol. The van der Waals surface area contributed by atoms with E-state index in [1.807, 2.05) is 4.90 Å². The topological polar surface area (TPSA) is 57.7 Å². The van der Waals surface area contributed by atoms with Gasteiger partial charge in [-0.05, 0) is 48.8 Å². The number of hydrogen-bond acceptors (Lipinski definition) is 3. The summed E-state index contributed by atoms with van der Waals surface area (Å²) in [5.74, 6) is 0.645. The Morgan fingerprint density at radius 1 is 1.16 bits per heavy atom. The average Bonchev–Trinajstić information content (AvgIpc) is 3.04. The third kappa shape index (κ3) is 4.58. The zero-order valence-electron chi connectivity index (χ0n) is 14.5. The molecule has 138 valence electrons. The van der Waals surface area contributed by atoms with E-state index in [0.29, 0.717) is 30.5 Å². The first-order valence-electron chi connectivity index (χ1n) is 8.80. The summed E-state index contributed by atoms with van der Waals surface area (Å²) >= 11 is 0. The summed E-state index contributed by atoms with van der Waals surface area (Å²) in [5.41, 5.74) is 0.704. The molecule has 0 N–H and O–H groups in total. The molecule has 2 aliphatic heterocycles. The van der Waals surface area contributed by atoms with Crippen LogP contribution in [0, 0.1) is 17.7 Å². The van der Waals surface area contributed by atoms with Crippen LogP contribution < -0.4 is 0 Å². The number of hydrogen-bond donors (Lipinski definition) is 0. The van der Waals surface area contributed by atoms with Crippen LogP contribution in [0.4, 0.5) is 4.39 Å². The molecule has 0 spiro atoms. The summed E-state index contributed by atoms with van der Waals surface area (Å²) in [7, 11) is -3.10. The third-order valence-electron chi connectivity index (χ3n) is 5.46. The Morgan fingerprint density at radius 3 is 2.48 bits per heavy atom. The first-order valence-corrected chi connectivity index (χ1v) is 10.6. The van der Waals surface area contributed by atoms with Crippen LogP contribution in [-0.4, -0.2) is 56.0 Å². The van der Waals surface area contributed by atoms with Gasteiger partial charge in [-0.2, -0.15) is 0 Å². The smallest absolute Gasteiger partial charge is 0.227 e. The van der Waals surface area contributed by atoms with Crippen LogP contribution in [0.25, 0.3) is 0 Å². The Bertz CT molecular complexity index is 730. The minimum Gasteiger partial charge on any atom is -0.342 e. The molecule has 0 aromatic heterocycles. The number of amides is 1. The first kappa shape index (κ1) is 18.3. The third-order valence-corrected chi connectivity index (χ3v) is 6.76. The summed E-state index contributed by atoms with van der Waals surface area (Å²) in [6, 6.07) is 6.19. The molecule has 0 bridgehead atoms. The summed E-state index contributed by atoms with van der Waals surface area (Å²) in [6.45, 7) is 2.64. The van der Waals surface area contributed by atoms with E-state index < -0.39 is 10.0 Å². The molecule has 2 heterocycles. The van der Waals surface area contributed by atoms with Gasteiger partial charge in [-0.3, -0.25) is 4.79 Å². The Balaban J connectivity index is 1.51. The van der Waals surface area contributed by atoms with E-state index in [-0.39, 0.29) is 18.1 Å². The van der Waals surface area contributed by atoms with Gasteiger partial charge in [0.15, 0.2) is 0 Å². The van der Waals surface area contributed by atoms with E-state index in [1.54, 1.807) is 16.4 Å². The zero-order chi connectivity index (χ0) is 18.0. The molecule has 7 heteroatoms. The molecule has 1 amide bonds. The van der Waals surface area contributed by atoms with Crippen LogP contribution in [0.5, 0.6) is 0 Å². The van der Waals surface area contributed by atoms with Gasteiger partial charge in [-0.1, -0.05) is 12.1 Å². The van der Waals surface area contributed by atoms with Crippen molar-refractivity contribution in [3.8, 4) is 0 Å². The molecule has 25 heavy (non-hydrogen) atoms. The fourth-order valence-electron chi connectivity index (χ4n) is 4.01. The van der Waals surface area contributed by atoms with Gasteiger partial charge in [0, 0.05) is 26.2 Å². The molecular formula is C18H25FN2O3S. The van der Waals surface area contributed by atoms with Crippen LogP contribution in [0.15, 0.2) is 24.3 Å². The van der Waals surface area contributed by atoms with E-state index in [1.165, 1.54) is 18.4 Å². The Morgan fingerprint density at radius 2 is 1.84 bits per heavy atom. The number of sulfonamides is 1. The number of halogens is 1. The maximum atomic E-state index is 13.2. The summed E-state index contributed by atoms with van der Waals surface area (Å²) in [5, 5.41) is 0. The predicted molar refractivity (Wildman–Crippen MR) is 93.9 cm³/mol. The molecule has 2 aliphatic rings. The minimum atomic E-state index is -3.10. The van der Waals surface area contributed by atoms with Gasteiger partial charge in [-0.25, -0.2) is 17.1 Å². The van der Waals surface area contributed by atoms with Crippen molar-refractivity contribution in [1.29, 1.82) is 0 Å². The lowest BCUT2D eigenvalue weighted by atomic mass is 9.84. The quantitative estimate of drug-likeness (QED) is 0.815. The Kier molecular flexibility index (Phi) is 5.43. The largest absolute Gasteiger partial charge is 0.342 e. The molecule has 1 aromatic carbocycles. The predicted octanol–water partition coefficient (Wildman–Crippen LogP) is 1.89. The number of carbonyl (C=O) groups excluding carboxylic acids is 1. The molecule has 5 nitrogen and oxygen atoms in total. The van der Waals surface area contributed by atoms with Gasteiger partial charge in [0.2, 0.25) is 15.9 Å². The van der Waals surface area contributed by atoms with Crippen LogP contribution in [0.1, 0.15) is 24.8 Å². The SMILES string of the molecule is CS(=O)(=O)N1CCC(C2CCN(C(=O)Cc3cccc(F)c3)C2)CC1. The minimum absolute atomic E-state index is 0.0432. The second-order valence-corrected chi connectivity index (χ2v) is 9.18. The highest BCUT2D eigenvalue weighted by Gasteiger charge is 2.35. The summed E-state index contributed by atoms with van der Waals surface area (Å²) in [4.78, 5) is 14.3. The zero-order valence-corrected chi connectivity index (χ0v) is 15.3. The lowest BCUT2D eigenvalue weighted by Gasteiger charge is -2.33. The molecule has 0 saturated carbocycles. The lowest BCUT2D eigenvalue weighted by Crippen LogP contribution is -2.40. The number of piperidine rings is 1. The summed E-state index contributed by atoms with van der Waals surface area (Å²) < 4.78 is 38.0. The van der Waals surface area contributed by atoms with E-state index in [4.69, 9.17) is 0 Å². The highest BCUT2D eigenvalue weighted by atomic mass is 32.2. The normalized spacial score (nSPS) is 23.1. The molecular weight excluding hydrogens is 343 g/mol. The van der Waals surface area contributed by atoms with Crippen LogP contribution in [0.3, 0.4) is 0 Å². The van der Waals surface area contributed by atoms with Crippen molar-refractivity contribution in [3.63, 3.8) is 0 Å². The van der Waals surface area contributed by atoms with E-state index in [2.05, 4.69) is 0 Å². The molecule has 0 aliphatic carbocycles. The summed E-state index contributed by atoms with van der Waals surface area (Å²) in [6.07, 6.45) is 4.19. The van der Waals surface area contributed by atoms with Gasteiger partial charge in [0.05, 0.1) is 12.7 Å². The molecule has 2 fully saturated rings. The molecule has 0 radical (unpaired) electrons. The van der Waals surface area contributed by atoms with Crippen molar-refractivity contribution in [2.45, 2.75) is 25.7 Å². The molecule has 1 unspecified atom stereocenters. The van der Waals surface area contributed by atoms with Crippen LogP contribution in [-0.2, 0) is 21.2 Å². The lowest BCUT2D eigenvalue weighted by molar-refractivity contribution is -0.129. The maximum Gasteiger partial charge on any atom is 0.227 e. The number of rotatable bonds is 4. The standard InChI is InChI=1S/C18H25FN2O3S/c1-25(23,24)21-9-6-15(7-10-21)16-5-8-20(13-16)18(22)12-14-3-2-4-17(19)11-14/h2-4,11,15-16H,5-10,12-13H2,1H3. The number of carbonyl (C=O) groups is 1. The second kappa shape index (κ2) is 7.41. The van der Waals surface area contributed by atoms with Crippen molar-refractivity contribution in [1.82, 2.24) is 9.21 Å². The van der Waals surface area contributed by atoms with E-state index in [9.17, 15) is 17.6 Å². The maximum absolute atomic E-state index is 13.2. The highest BCUT2D eigenvalue weighted by Crippen LogP contribution is 2.32. The van der Waals surface area contributed by atoms with Crippen molar-refractivity contribution >= 4 is 15.9 Å². The van der Waals surface area contributed by atoms with Crippen LogP contribution >= 0.6 is 0 Å². The Labute approximate surface area is 148 Å². The molecule has 3 rings (SSSR count). The number of nitrogens with zero attached hydrogens (tertiary/aromatic N) is 2. The van der Waals surface area contributed by atoms with E-state index >= 15 is 0 Å². The van der Waals surface area contributed by atoms with Crippen molar-refractivity contribution in [2.75, 3.05) is 32.4 Å². The fraction of sp³-hybridized carbons (Fsp3) is 0.611. The van der Waals surface area contributed by atoms with Gasteiger partial charge in [-0.15, -0.1) is 0 Å². The first-order chi connectivity index (χ1) is 11.8. The molecule has 2 saturated heterocycles. The van der Waals surface area contributed by atoms with Crippen molar-refractivity contribution in [2.24, 2.45) is 11.8 Å². The van der Waals surface area contributed by atoms with Crippen molar-refractivity contribution in [3.05, 3.63) is 35.6 Å². The molecule has 1 atom stereocenters. The molecule has 1 aromatic rings. The van der Waals surface area contributed by atoms with E-state index in [0.717, 1.165) is 32.4 Å². The number of benzene rings is 1. The Hall–Kier alpha value is -1.47. The van der Waals surface area contributed by atoms with Gasteiger partial charge in [0.25, 0.3) is 0 Å². The van der Waals surface area contributed by atoms with Crippen molar-refractivity contribution < 1.29 is 17.6 Å².